The van der Waals surface area contributed by atoms with Crippen molar-refractivity contribution in [3.05, 3.63) is 46.2 Å². The number of benzene rings is 1. The Morgan fingerprint density at radius 2 is 2.00 bits per heavy atom. The fraction of sp³-hybridized carbons (Fsp3) is 0. The number of nitrogen functional groups attached to an aromatic ring is 1. The van der Waals surface area contributed by atoms with E-state index in [0.717, 1.165) is 10.7 Å². The minimum absolute atomic E-state index is 0.0303. The molecular formula is C10H8N2O3. The number of carbonyl (C=O) groups is 1. The van der Waals surface area contributed by atoms with Crippen LogP contribution in [0.1, 0.15) is 10.4 Å². The molecule has 0 saturated carbocycles. The first-order valence-electron chi connectivity index (χ1n) is 4.24. The van der Waals surface area contributed by atoms with Crippen LogP contribution in [0.15, 0.2) is 35.1 Å². The standard InChI is InChI=1S/C10H8N2O3/c11-12-8-4-2-1-3-6(8)7(10(14)15)5-9(12)13/h1-5H,11H2,(H,14,15). The summed E-state index contributed by atoms with van der Waals surface area (Å²) in [6, 6.07) is 7.62. The Hall–Kier alpha value is -2.30. The van der Waals surface area contributed by atoms with E-state index in [1.54, 1.807) is 24.3 Å². The van der Waals surface area contributed by atoms with Crippen LogP contribution in [0.5, 0.6) is 0 Å². The van der Waals surface area contributed by atoms with Crippen molar-refractivity contribution < 1.29 is 9.90 Å². The van der Waals surface area contributed by atoms with Gasteiger partial charge in [0, 0.05) is 11.5 Å². The molecule has 0 unspecified atom stereocenters. The number of nitrogens with two attached hydrogens (primary N) is 1. The molecule has 0 atom stereocenters. The van der Waals surface area contributed by atoms with Gasteiger partial charge in [-0.05, 0) is 6.07 Å². The summed E-state index contributed by atoms with van der Waals surface area (Å²) in [5.41, 5.74) is -0.161. The van der Waals surface area contributed by atoms with Gasteiger partial charge in [0.25, 0.3) is 5.56 Å². The van der Waals surface area contributed by atoms with Crippen molar-refractivity contribution in [3.8, 4) is 0 Å². The van der Waals surface area contributed by atoms with Gasteiger partial charge in [0.15, 0.2) is 0 Å². The minimum atomic E-state index is -1.14. The largest absolute Gasteiger partial charge is 0.478 e. The number of aromatic carboxylic acids is 1. The molecule has 0 spiro atoms. The molecule has 0 aliphatic rings. The molecule has 15 heavy (non-hydrogen) atoms. The summed E-state index contributed by atoms with van der Waals surface area (Å²) in [6.45, 7) is 0. The first kappa shape index (κ1) is 9.26. The molecule has 76 valence electrons. The van der Waals surface area contributed by atoms with Crippen LogP contribution in [0.25, 0.3) is 10.9 Å². The Labute approximate surface area is 84.3 Å². The van der Waals surface area contributed by atoms with Gasteiger partial charge in [0.2, 0.25) is 0 Å². The zero-order valence-electron chi connectivity index (χ0n) is 7.68. The minimum Gasteiger partial charge on any atom is -0.478 e. The van der Waals surface area contributed by atoms with Crippen molar-refractivity contribution in [2.75, 3.05) is 5.84 Å². The summed E-state index contributed by atoms with van der Waals surface area (Å²) in [5.74, 6) is 4.36. The Balaban J connectivity index is 3.01. The zero-order chi connectivity index (χ0) is 11.0. The molecule has 5 heteroatoms. The molecule has 0 aliphatic heterocycles. The lowest BCUT2D eigenvalue weighted by Gasteiger charge is -2.06. The SMILES string of the molecule is Nn1c(=O)cc(C(=O)O)c2ccccc21. The fourth-order valence-corrected chi connectivity index (χ4v) is 1.48. The first-order valence-corrected chi connectivity index (χ1v) is 4.24. The van der Waals surface area contributed by atoms with E-state index in [4.69, 9.17) is 10.9 Å². The average Bonchev–Trinajstić information content (AvgIpc) is 2.23. The van der Waals surface area contributed by atoms with Crippen molar-refractivity contribution in [3.63, 3.8) is 0 Å². The highest BCUT2D eigenvalue weighted by Crippen LogP contribution is 2.15. The van der Waals surface area contributed by atoms with E-state index in [2.05, 4.69) is 0 Å². The maximum absolute atomic E-state index is 11.3. The molecule has 0 saturated heterocycles. The van der Waals surface area contributed by atoms with Gasteiger partial charge < -0.3 is 10.9 Å². The van der Waals surface area contributed by atoms with Gasteiger partial charge in [0.1, 0.15) is 0 Å². The second kappa shape index (κ2) is 3.13. The lowest BCUT2D eigenvalue weighted by Crippen LogP contribution is -2.28. The monoisotopic (exact) mass is 204 g/mol. The van der Waals surface area contributed by atoms with Crippen molar-refractivity contribution in [2.24, 2.45) is 0 Å². The van der Waals surface area contributed by atoms with Crippen molar-refractivity contribution in [1.82, 2.24) is 4.68 Å². The molecule has 0 radical (unpaired) electrons. The van der Waals surface area contributed by atoms with Crippen LogP contribution in [-0.2, 0) is 0 Å². The number of pyridine rings is 1. The normalized spacial score (nSPS) is 10.4. The van der Waals surface area contributed by atoms with Crippen LogP contribution in [0.4, 0.5) is 0 Å². The van der Waals surface area contributed by atoms with Gasteiger partial charge >= 0.3 is 5.97 Å². The summed E-state index contributed by atoms with van der Waals surface area (Å²) >= 11 is 0. The number of para-hydroxylation sites is 1. The summed E-state index contributed by atoms with van der Waals surface area (Å²) in [6.07, 6.45) is 0. The number of carboxylic acid groups (broad SMARTS) is 1. The molecule has 2 aromatic rings. The molecule has 2 rings (SSSR count). The highest BCUT2D eigenvalue weighted by Gasteiger charge is 2.11. The second-order valence-corrected chi connectivity index (χ2v) is 3.09. The fourth-order valence-electron chi connectivity index (χ4n) is 1.48. The van der Waals surface area contributed by atoms with Gasteiger partial charge in [-0.15, -0.1) is 0 Å². The number of fused-ring (bicyclic) bond motifs is 1. The molecule has 3 N–H and O–H groups in total. The van der Waals surface area contributed by atoms with Gasteiger partial charge in [-0.3, -0.25) is 4.79 Å². The van der Waals surface area contributed by atoms with E-state index >= 15 is 0 Å². The summed E-state index contributed by atoms with van der Waals surface area (Å²) in [5, 5.41) is 9.36. The summed E-state index contributed by atoms with van der Waals surface area (Å²) in [7, 11) is 0. The highest BCUT2D eigenvalue weighted by atomic mass is 16.4. The molecule has 1 aromatic heterocycles. The van der Waals surface area contributed by atoms with Gasteiger partial charge in [-0.1, -0.05) is 18.2 Å². The third-order valence-corrected chi connectivity index (χ3v) is 2.19. The average molecular weight is 204 g/mol. The van der Waals surface area contributed by atoms with Crippen LogP contribution in [0.2, 0.25) is 0 Å². The molecule has 0 aliphatic carbocycles. The van der Waals surface area contributed by atoms with E-state index in [1.807, 2.05) is 0 Å². The third kappa shape index (κ3) is 1.34. The number of hydrogen-bond donors (Lipinski definition) is 2. The smallest absolute Gasteiger partial charge is 0.336 e. The van der Waals surface area contributed by atoms with Gasteiger partial charge in [-0.25, -0.2) is 9.47 Å². The third-order valence-electron chi connectivity index (χ3n) is 2.19. The summed E-state index contributed by atoms with van der Waals surface area (Å²) < 4.78 is 0.932. The number of carboxylic acids is 1. The van der Waals surface area contributed by atoms with Crippen LogP contribution in [0, 0.1) is 0 Å². The predicted octanol–water partition coefficient (Wildman–Crippen LogP) is 0.413. The quantitative estimate of drug-likeness (QED) is 0.659. The topological polar surface area (TPSA) is 85.3 Å². The number of aromatic nitrogens is 1. The van der Waals surface area contributed by atoms with Crippen molar-refractivity contribution in [1.29, 1.82) is 0 Å². The zero-order valence-corrected chi connectivity index (χ0v) is 7.68. The van der Waals surface area contributed by atoms with E-state index in [9.17, 15) is 9.59 Å². The molecule has 1 heterocycles. The maximum atomic E-state index is 11.3. The second-order valence-electron chi connectivity index (χ2n) is 3.09. The number of hydrogen-bond acceptors (Lipinski definition) is 3. The van der Waals surface area contributed by atoms with Gasteiger partial charge in [-0.2, -0.15) is 0 Å². The molecule has 0 bridgehead atoms. The lowest BCUT2D eigenvalue weighted by molar-refractivity contribution is 0.0699. The molecule has 0 amide bonds. The Kier molecular flexibility index (Phi) is 1.93. The highest BCUT2D eigenvalue weighted by molar-refractivity contribution is 6.02. The number of nitrogens with zero attached hydrogens (tertiary/aromatic N) is 1. The number of rotatable bonds is 1. The van der Waals surface area contributed by atoms with E-state index in [1.165, 1.54) is 0 Å². The Morgan fingerprint density at radius 1 is 1.33 bits per heavy atom. The van der Waals surface area contributed by atoms with E-state index in [0.29, 0.717) is 10.9 Å². The predicted molar refractivity (Wildman–Crippen MR) is 55.3 cm³/mol. The van der Waals surface area contributed by atoms with Crippen molar-refractivity contribution >= 4 is 16.9 Å². The Morgan fingerprint density at radius 3 is 2.67 bits per heavy atom. The lowest BCUT2D eigenvalue weighted by atomic mass is 10.1. The van der Waals surface area contributed by atoms with Gasteiger partial charge in [0.05, 0.1) is 11.1 Å². The molecule has 5 nitrogen and oxygen atoms in total. The molecular weight excluding hydrogens is 196 g/mol. The molecule has 1 aromatic carbocycles. The summed E-state index contributed by atoms with van der Waals surface area (Å²) in [4.78, 5) is 22.2. The van der Waals surface area contributed by atoms with E-state index < -0.39 is 11.5 Å². The van der Waals surface area contributed by atoms with Crippen LogP contribution in [-0.4, -0.2) is 15.8 Å². The molecule has 0 fully saturated rings. The van der Waals surface area contributed by atoms with E-state index in [-0.39, 0.29) is 5.56 Å². The van der Waals surface area contributed by atoms with Crippen LogP contribution >= 0.6 is 0 Å². The maximum Gasteiger partial charge on any atom is 0.336 e. The van der Waals surface area contributed by atoms with Crippen LogP contribution in [0.3, 0.4) is 0 Å². The Bertz CT molecular complexity index is 601. The van der Waals surface area contributed by atoms with Crippen LogP contribution < -0.4 is 11.4 Å². The first-order chi connectivity index (χ1) is 7.11. The van der Waals surface area contributed by atoms with Crippen molar-refractivity contribution in [2.45, 2.75) is 0 Å².